The standard InChI is InChI=1S/C11H13NOS/c1-3-9-11(13-2)8-5-4-7(12)6-10(8)14-9/h4-6H,3,12H2,1-2H3. The molecule has 0 spiro atoms. The Morgan fingerprint density at radius 1 is 1.43 bits per heavy atom. The third kappa shape index (κ3) is 1.34. The van der Waals surface area contributed by atoms with Crippen LogP contribution >= 0.6 is 11.3 Å². The predicted octanol–water partition coefficient (Wildman–Crippen LogP) is 3.05. The lowest BCUT2D eigenvalue weighted by atomic mass is 10.2. The minimum absolute atomic E-state index is 0.809. The molecule has 2 nitrogen and oxygen atoms in total. The SMILES string of the molecule is CCc1sc2cc(N)ccc2c1OC. The number of methoxy groups -OCH3 is 1. The van der Waals surface area contributed by atoms with Crippen LogP contribution in [0.25, 0.3) is 10.1 Å². The summed E-state index contributed by atoms with van der Waals surface area (Å²) >= 11 is 1.76. The quantitative estimate of drug-likeness (QED) is 0.768. The molecule has 3 heteroatoms. The van der Waals surface area contributed by atoms with Crippen molar-refractivity contribution in [1.29, 1.82) is 0 Å². The molecular weight excluding hydrogens is 194 g/mol. The number of hydrogen-bond acceptors (Lipinski definition) is 3. The topological polar surface area (TPSA) is 35.2 Å². The summed E-state index contributed by atoms with van der Waals surface area (Å²) in [4.78, 5) is 1.29. The van der Waals surface area contributed by atoms with Gasteiger partial charge in [-0.2, -0.15) is 0 Å². The monoisotopic (exact) mass is 207 g/mol. The molecular formula is C11H13NOS. The van der Waals surface area contributed by atoms with Crippen molar-refractivity contribution in [1.82, 2.24) is 0 Å². The van der Waals surface area contributed by atoms with Crippen LogP contribution in [0.4, 0.5) is 5.69 Å². The molecule has 0 saturated heterocycles. The minimum Gasteiger partial charge on any atom is -0.495 e. The Kier molecular flexibility index (Phi) is 2.33. The molecule has 1 heterocycles. The Morgan fingerprint density at radius 2 is 2.21 bits per heavy atom. The van der Waals surface area contributed by atoms with Crippen LogP contribution in [-0.4, -0.2) is 7.11 Å². The van der Waals surface area contributed by atoms with Crippen LogP contribution in [-0.2, 0) is 6.42 Å². The number of benzene rings is 1. The van der Waals surface area contributed by atoms with Crippen molar-refractivity contribution in [3.63, 3.8) is 0 Å². The van der Waals surface area contributed by atoms with Crippen LogP contribution in [0.1, 0.15) is 11.8 Å². The van der Waals surface area contributed by atoms with E-state index in [4.69, 9.17) is 10.5 Å². The van der Waals surface area contributed by atoms with Crippen molar-refractivity contribution in [2.45, 2.75) is 13.3 Å². The van der Waals surface area contributed by atoms with Gasteiger partial charge in [-0.1, -0.05) is 6.92 Å². The maximum atomic E-state index is 5.73. The summed E-state index contributed by atoms with van der Waals surface area (Å²) in [5, 5.41) is 1.17. The molecule has 1 aromatic carbocycles. The molecule has 0 saturated carbocycles. The number of thiophene rings is 1. The Morgan fingerprint density at radius 3 is 2.86 bits per heavy atom. The van der Waals surface area contributed by atoms with Gasteiger partial charge < -0.3 is 10.5 Å². The zero-order chi connectivity index (χ0) is 10.1. The molecule has 2 N–H and O–H groups in total. The smallest absolute Gasteiger partial charge is 0.140 e. The van der Waals surface area contributed by atoms with E-state index in [0.717, 1.165) is 17.9 Å². The first-order valence-corrected chi connectivity index (χ1v) is 5.42. The molecule has 2 aromatic rings. The van der Waals surface area contributed by atoms with Crippen LogP contribution < -0.4 is 10.5 Å². The van der Waals surface area contributed by atoms with Crippen molar-refractivity contribution >= 4 is 27.1 Å². The summed E-state index contributed by atoms with van der Waals surface area (Å²) in [6.07, 6.45) is 1.00. The van der Waals surface area contributed by atoms with Gasteiger partial charge in [-0.15, -0.1) is 11.3 Å². The van der Waals surface area contributed by atoms with E-state index in [-0.39, 0.29) is 0 Å². The van der Waals surface area contributed by atoms with E-state index in [0.29, 0.717) is 0 Å². The molecule has 1 aromatic heterocycles. The normalized spacial score (nSPS) is 10.7. The average Bonchev–Trinajstić information content (AvgIpc) is 2.54. The van der Waals surface area contributed by atoms with Crippen molar-refractivity contribution < 1.29 is 4.74 Å². The number of ether oxygens (including phenoxy) is 1. The number of nitrogens with two attached hydrogens (primary N) is 1. The van der Waals surface area contributed by atoms with Crippen LogP contribution in [0.3, 0.4) is 0 Å². The van der Waals surface area contributed by atoms with Gasteiger partial charge in [-0.3, -0.25) is 0 Å². The highest BCUT2D eigenvalue weighted by molar-refractivity contribution is 7.19. The van der Waals surface area contributed by atoms with E-state index in [1.165, 1.54) is 15.0 Å². The van der Waals surface area contributed by atoms with E-state index < -0.39 is 0 Å². The number of aryl methyl sites for hydroxylation is 1. The molecule has 0 aliphatic carbocycles. The number of hydrogen-bond donors (Lipinski definition) is 1. The largest absolute Gasteiger partial charge is 0.495 e. The maximum Gasteiger partial charge on any atom is 0.140 e. The van der Waals surface area contributed by atoms with Gasteiger partial charge in [0, 0.05) is 20.7 Å². The summed E-state index contributed by atoms with van der Waals surface area (Å²) in [6.45, 7) is 2.14. The first-order chi connectivity index (χ1) is 6.76. The first kappa shape index (κ1) is 9.34. The van der Waals surface area contributed by atoms with E-state index >= 15 is 0 Å². The molecule has 0 aliphatic heterocycles. The lowest BCUT2D eigenvalue weighted by Gasteiger charge is -1.99. The van der Waals surface area contributed by atoms with Crippen molar-refractivity contribution in [3.05, 3.63) is 23.1 Å². The molecule has 74 valence electrons. The lowest BCUT2D eigenvalue weighted by molar-refractivity contribution is 0.417. The van der Waals surface area contributed by atoms with Crippen molar-refractivity contribution in [3.8, 4) is 5.75 Å². The third-order valence-corrected chi connectivity index (χ3v) is 3.54. The van der Waals surface area contributed by atoms with Crippen LogP contribution in [0.5, 0.6) is 5.75 Å². The fourth-order valence-electron chi connectivity index (χ4n) is 1.60. The van der Waals surface area contributed by atoms with Crippen LogP contribution in [0, 0.1) is 0 Å². The van der Waals surface area contributed by atoms with Crippen molar-refractivity contribution in [2.24, 2.45) is 0 Å². The fourth-order valence-corrected chi connectivity index (χ4v) is 2.76. The Labute approximate surface area is 87.3 Å². The zero-order valence-corrected chi connectivity index (χ0v) is 9.15. The molecule has 14 heavy (non-hydrogen) atoms. The van der Waals surface area contributed by atoms with Gasteiger partial charge in [-0.25, -0.2) is 0 Å². The summed E-state index contributed by atoms with van der Waals surface area (Å²) in [5.74, 6) is 1.01. The Bertz CT molecular complexity index is 462. The zero-order valence-electron chi connectivity index (χ0n) is 8.33. The van der Waals surface area contributed by atoms with Gasteiger partial charge in [0.2, 0.25) is 0 Å². The van der Waals surface area contributed by atoms with Gasteiger partial charge in [0.05, 0.1) is 7.11 Å². The molecule has 0 fully saturated rings. The van der Waals surface area contributed by atoms with Gasteiger partial charge >= 0.3 is 0 Å². The predicted molar refractivity (Wildman–Crippen MR) is 62.2 cm³/mol. The second-order valence-electron chi connectivity index (χ2n) is 3.17. The van der Waals surface area contributed by atoms with E-state index in [1.807, 2.05) is 18.2 Å². The fraction of sp³-hybridized carbons (Fsp3) is 0.273. The van der Waals surface area contributed by atoms with Crippen molar-refractivity contribution in [2.75, 3.05) is 12.8 Å². The van der Waals surface area contributed by atoms with Crippen LogP contribution in [0.2, 0.25) is 0 Å². The second-order valence-corrected chi connectivity index (χ2v) is 4.30. The summed E-state index contributed by atoms with van der Waals surface area (Å²) in [6, 6.07) is 5.94. The van der Waals surface area contributed by atoms with Gasteiger partial charge in [0.15, 0.2) is 0 Å². The van der Waals surface area contributed by atoms with Gasteiger partial charge in [0.1, 0.15) is 5.75 Å². The highest BCUT2D eigenvalue weighted by atomic mass is 32.1. The third-order valence-electron chi connectivity index (χ3n) is 2.26. The lowest BCUT2D eigenvalue weighted by Crippen LogP contribution is -1.85. The summed E-state index contributed by atoms with van der Waals surface area (Å²) < 4.78 is 6.61. The maximum absolute atomic E-state index is 5.73. The number of fused-ring (bicyclic) bond motifs is 1. The Balaban J connectivity index is 2.73. The minimum atomic E-state index is 0.809. The molecule has 0 bridgehead atoms. The van der Waals surface area contributed by atoms with E-state index in [9.17, 15) is 0 Å². The van der Waals surface area contributed by atoms with Gasteiger partial charge in [-0.05, 0) is 24.6 Å². The average molecular weight is 207 g/mol. The summed E-state index contributed by atoms with van der Waals surface area (Å²) in [5.41, 5.74) is 6.54. The molecule has 2 rings (SSSR count). The number of anilines is 1. The molecule has 0 amide bonds. The van der Waals surface area contributed by atoms with Crippen LogP contribution in [0.15, 0.2) is 18.2 Å². The molecule has 0 unspecified atom stereocenters. The van der Waals surface area contributed by atoms with Gasteiger partial charge in [0.25, 0.3) is 0 Å². The van der Waals surface area contributed by atoms with E-state index in [2.05, 4.69) is 6.92 Å². The first-order valence-electron chi connectivity index (χ1n) is 4.61. The molecule has 0 radical (unpaired) electrons. The van der Waals surface area contributed by atoms with E-state index in [1.54, 1.807) is 18.4 Å². The Hall–Kier alpha value is -1.22. The summed E-state index contributed by atoms with van der Waals surface area (Å²) in [7, 11) is 1.72. The molecule has 0 aliphatic rings. The molecule has 0 atom stereocenters. The highest BCUT2D eigenvalue weighted by Gasteiger charge is 2.10. The number of nitrogen functional groups attached to an aromatic ring is 1. The number of rotatable bonds is 2. The second kappa shape index (κ2) is 3.50. The highest BCUT2D eigenvalue weighted by Crippen LogP contribution is 2.38.